The molecular formula is C12H23NO6. The number of nitrogens with zero attached hydrogens (tertiary/aromatic N) is 1. The Hall–Kier alpha value is -1.44. The number of carboxylic acids is 2. The average Bonchev–Trinajstić information content (AvgIpc) is 2.27. The smallest absolute Gasteiger partial charge is 0.328 e. The van der Waals surface area contributed by atoms with Crippen molar-refractivity contribution in [1.82, 2.24) is 4.90 Å². The van der Waals surface area contributed by atoms with Crippen molar-refractivity contribution in [1.29, 1.82) is 0 Å². The molecule has 112 valence electrons. The first-order valence-corrected chi connectivity index (χ1v) is 5.98. The minimum absolute atomic E-state index is 0.554. The van der Waals surface area contributed by atoms with Gasteiger partial charge in [0.05, 0.1) is 0 Å². The molecule has 0 radical (unpaired) electrons. The van der Waals surface area contributed by atoms with Crippen LogP contribution in [0.3, 0.4) is 0 Å². The van der Waals surface area contributed by atoms with Crippen LogP contribution in [-0.4, -0.2) is 56.3 Å². The molecule has 0 amide bonds. The van der Waals surface area contributed by atoms with Crippen molar-refractivity contribution in [2.75, 3.05) is 6.54 Å². The topological polar surface area (TPSA) is 118 Å². The van der Waals surface area contributed by atoms with E-state index in [0.29, 0.717) is 12.2 Å². The van der Waals surface area contributed by atoms with E-state index >= 15 is 0 Å². The lowest BCUT2D eigenvalue weighted by molar-refractivity contribution is -0.134. The molecule has 0 aromatic heterocycles. The lowest BCUT2D eigenvalue weighted by Crippen LogP contribution is -2.40. The molecule has 0 rings (SSSR count). The average molecular weight is 277 g/mol. The SMILES string of the molecule is CCCCN(C(C)O)C(C)O.O=C(O)/C=C/C(=O)O. The molecule has 0 saturated heterocycles. The van der Waals surface area contributed by atoms with Crippen molar-refractivity contribution >= 4 is 11.9 Å². The second kappa shape index (κ2) is 11.6. The van der Waals surface area contributed by atoms with E-state index in [1.807, 2.05) is 0 Å². The number of unbranched alkanes of at least 4 members (excludes halogenated alkanes) is 1. The number of aliphatic hydroxyl groups excluding tert-OH is 2. The van der Waals surface area contributed by atoms with Crippen LogP contribution in [0.4, 0.5) is 0 Å². The molecular weight excluding hydrogens is 254 g/mol. The fraction of sp³-hybridized carbons (Fsp3) is 0.667. The predicted octanol–water partition coefficient (Wildman–Crippen LogP) is 0.477. The summed E-state index contributed by atoms with van der Waals surface area (Å²) in [5.41, 5.74) is 0. The first kappa shape index (κ1) is 19.9. The monoisotopic (exact) mass is 277 g/mol. The Morgan fingerprint density at radius 1 is 1.05 bits per heavy atom. The van der Waals surface area contributed by atoms with Gasteiger partial charge in [-0.2, -0.15) is 0 Å². The highest BCUT2D eigenvalue weighted by Crippen LogP contribution is 2.03. The van der Waals surface area contributed by atoms with Gasteiger partial charge in [-0.15, -0.1) is 0 Å². The summed E-state index contributed by atoms with van der Waals surface area (Å²) in [5, 5.41) is 34.0. The van der Waals surface area contributed by atoms with Crippen LogP contribution < -0.4 is 0 Å². The summed E-state index contributed by atoms with van der Waals surface area (Å²) in [4.78, 5) is 20.8. The maximum absolute atomic E-state index is 9.55. The van der Waals surface area contributed by atoms with Gasteiger partial charge in [-0.25, -0.2) is 9.59 Å². The zero-order chi connectivity index (χ0) is 15.4. The maximum Gasteiger partial charge on any atom is 0.328 e. The van der Waals surface area contributed by atoms with Crippen LogP contribution in [0.5, 0.6) is 0 Å². The van der Waals surface area contributed by atoms with Crippen LogP contribution >= 0.6 is 0 Å². The van der Waals surface area contributed by atoms with E-state index < -0.39 is 24.4 Å². The van der Waals surface area contributed by atoms with Gasteiger partial charge in [0.15, 0.2) is 0 Å². The van der Waals surface area contributed by atoms with E-state index in [-0.39, 0.29) is 0 Å². The Bertz CT molecular complexity index is 264. The fourth-order valence-electron chi connectivity index (χ4n) is 1.17. The number of carbonyl (C=O) groups is 2. The molecule has 0 fully saturated rings. The molecule has 7 nitrogen and oxygen atoms in total. The Balaban J connectivity index is 0. The van der Waals surface area contributed by atoms with Crippen LogP contribution in [0.25, 0.3) is 0 Å². The summed E-state index contributed by atoms with van der Waals surface area (Å²) in [6, 6.07) is 0. The Morgan fingerprint density at radius 3 is 1.63 bits per heavy atom. The van der Waals surface area contributed by atoms with Gasteiger partial charge in [0.1, 0.15) is 12.5 Å². The number of hydrogen-bond donors (Lipinski definition) is 4. The zero-order valence-electron chi connectivity index (χ0n) is 11.5. The van der Waals surface area contributed by atoms with Gasteiger partial charge in [0.2, 0.25) is 0 Å². The minimum Gasteiger partial charge on any atom is -0.478 e. The Morgan fingerprint density at radius 2 is 1.42 bits per heavy atom. The summed E-state index contributed by atoms with van der Waals surface area (Å²) < 4.78 is 0. The third kappa shape index (κ3) is 14.5. The molecule has 0 spiro atoms. The third-order valence-corrected chi connectivity index (χ3v) is 2.10. The van der Waals surface area contributed by atoms with E-state index in [4.69, 9.17) is 10.2 Å². The van der Waals surface area contributed by atoms with Crippen molar-refractivity contribution in [3.05, 3.63) is 12.2 Å². The largest absolute Gasteiger partial charge is 0.478 e. The van der Waals surface area contributed by atoms with E-state index in [2.05, 4.69) is 6.92 Å². The van der Waals surface area contributed by atoms with Crippen LogP contribution in [-0.2, 0) is 9.59 Å². The molecule has 7 heteroatoms. The number of hydrogen-bond acceptors (Lipinski definition) is 5. The molecule has 2 unspecified atom stereocenters. The van der Waals surface area contributed by atoms with E-state index in [0.717, 1.165) is 19.4 Å². The molecule has 4 N–H and O–H groups in total. The van der Waals surface area contributed by atoms with Crippen LogP contribution in [0, 0.1) is 0 Å². The molecule has 2 atom stereocenters. The molecule has 0 saturated carbocycles. The number of rotatable bonds is 7. The van der Waals surface area contributed by atoms with Gasteiger partial charge in [-0.05, 0) is 20.3 Å². The maximum atomic E-state index is 9.55. The van der Waals surface area contributed by atoms with Crippen LogP contribution in [0.15, 0.2) is 12.2 Å². The predicted molar refractivity (Wildman–Crippen MR) is 69.4 cm³/mol. The second-order valence-electron chi connectivity index (χ2n) is 3.86. The van der Waals surface area contributed by atoms with Gasteiger partial charge in [0, 0.05) is 18.7 Å². The van der Waals surface area contributed by atoms with E-state index in [1.165, 1.54) is 0 Å². The first-order chi connectivity index (χ1) is 8.72. The fourth-order valence-corrected chi connectivity index (χ4v) is 1.17. The summed E-state index contributed by atoms with van der Waals surface area (Å²) in [5.74, 6) is -2.51. The van der Waals surface area contributed by atoms with Gasteiger partial charge in [-0.1, -0.05) is 13.3 Å². The Kier molecular flexibility index (Phi) is 12.2. The highest BCUT2D eigenvalue weighted by molar-refractivity contribution is 5.89. The molecule has 0 aliphatic heterocycles. The van der Waals surface area contributed by atoms with Crippen LogP contribution in [0.2, 0.25) is 0 Å². The van der Waals surface area contributed by atoms with Crippen molar-refractivity contribution in [3.63, 3.8) is 0 Å². The molecule has 0 aliphatic rings. The molecule has 0 heterocycles. The Labute approximate surface area is 112 Å². The molecule has 0 bridgehead atoms. The number of carboxylic acid groups (broad SMARTS) is 2. The third-order valence-electron chi connectivity index (χ3n) is 2.10. The van der Waals surface area contributed by atoms with Gasteiger partial charge in [0.25, 0.3) is 0 Å². The summed E-state index contributed by atoms with van der Waals surface area (Å²) in [6.45, 7) is 6.18. The lowest BCUT2D eigenvalue weighted by Gasteiger charge is -2.27. The molecule has 0 aromatic rings. The molecule has 0 aromatic carbocycles. The van der Waals surface area contributed by atoms with Gasteiger partial charge in [-0.3, -0.25) is 4.90 Å². The number of aliphatic carboxylic acids is 2. The van der Waals surface area contributed by atoms with Crippen molar-refractivity contribution < 1.29 is 30.0 Å². The van der Waals surface area contributed by atoms with Crippen molar-refractivity contribution in [2.45, 2.75) is 46.1 Å². The standard InChI is InChI=1S/C8H19NO2.C4H4O4/c1-4-5-6-9(7(2)10)8(3)11;5-3(6)1-2-4(7)8/h7-8,10-11H,4-6H2,1-3H3;1-2H,(H,5,6)(H,7,8)/b;2-1+. The quantitative estimate of drug-likeness (QED) is 0.394. The highest BCUT2D eigenvalue weighted by Gasteiger charge is 2.14. The van der Waals surface area contributed by atoms with E-state index in [9.17, 15) is 19.8 Å². The van der Waals surface area contributed by atoms with Crippen molar-refractivity contribution in [3.8, 4) is 0 Å². The number of aliphatic hydroxyl groups is 2. The lowest BCUT2D eigenvalue weighted by atomic mass is 10.3. The van der Waals surface area contributed by atoms with Crippen LogP contribution in [0.1, 0.15) is 33.6 Å². The first-order valence-electron chi connectivity index (χ1n) is 5.98. The van der Waals surface area contributed by atoms with Gasteiger partial charge >= 0.3 is 11.9 Å². The minimum atomic E-state index is -1.26. The summed E-state index contributed by atoms with van der Waals surface area (Å²) in [6.07, 6.45) is 2.10. The summed E-state index contributed by atoms with van der Waals surface area (Å²) >= 11 is 0. The second-order valence-corrected chi connectivity index (χ2v) is 3.86. The summed E-state index contributed by atoms with van der Waals surface area (Å²) in [7, 11) is 0. The normalized spacial score (nSPS) is 13.8. The van der Waals surface area contributed by atoms with Gasteiger partial charge < -0.3 is 20.4 Å². The molecule has 19 heavy (non-hydrogen) atoms. The zero-order valence-corrected chi connectivity index (χ0v) is 11.5. The van der Waals surface area contributed by atoms with E-state index in [1.54, 1.807) is 18.7 Å². The highest BCUT2D eigenvalue weighted by atomic mass is 16.4. The molecule has 0 aliphatic carbocycles. The van der Waals surface area contributed by atoms with Crippen molar-refractivity contribution in [2.24, 2.45) is 0 Å².